The van der Waals surface area contributed by atoms with Gasteiger partial charge in [0.2, 0.25) is 0 Å². The summed E-state index contributed by atoms with van der Waals surface area (Å²) < 4.78 is 27.0. The van der Waals surface area contributed by atoms with Crippen molar-refractivity contribution in [3.05, 3.63) is 53.6 Å². The number of fused-ring (bicyclic) bond motifs is 1. The molecule has 0 fully saturated rings. The normalized spacial score (nSPS) is 10.3. The number of hydrogen-bond acceptors (Lipinski definition) is 4. The molecular weight excluding hydrogens is 322 g/mol. The Morgan fingerprint density at radius 1 is 1.22 bits per heavy atom. The number of carbonyl (C=O) groups is 1. The number of thiazole rings is 1. The van der Waals surface area contributed by atoms with E-state index in [1.807, 2.05) is 6.07 Å². The number of aromatic nitrogens is 1. The highest BCUT2D eigenvalue weighted by Gasteiger charge is 2.12. The first-order valence-electron chi connectivity index (χ1n) is 6.39. The van der Waals surface area contributed by atoms with Gasteiger partial charge in [0, 0.05) is 11.8 Å². The molecule has 3 rings (SSSR count). The Morgan fingerprint density at radius 3 is 2.83 bits per heavy atom. The van der Waals surface area contributed by atoms with Crippen molar-refractivity contribution in [2.45, 2.75) is 0 Å². The Kier molecular flexibility index (Phi) is 3.87. The summed E-state index contributed by atoms with van der Waals surface area (Å²) in [6.07, 6.45) is 0. The number of nitriles is 1. The van der Waals surface area contributed by atoms with Gasteiger partial charge in [-0.05, 0) is 24.3 Å². The number of hydrogen-bond donors (Lipinski definition) is 2. The Morgan fingerprint density at radius 2 is 2.04 bits per heavy atom. The van der Waals surface area contributed by atoms with Crippen molar-refractivity contribution in [3.63, 3.8) is 0 Å². The summed E-state index contributed by atoms with van der Waals surface area (Å²) in [6.45, 7) is 0. The van der Waals surface area contributed by atoms with Gasteiger partial charge in [-0.2, -0.15) is 5.26 Å². The van der Waals surface area contributed by atoms with Crippen molar-refractivity contribution in [2.75, 3.05) is 10.6 Å². The third-order valence-electron chi connectivity index (χ3n) is 2.88. The van der Waals surface area contributed by atoms with Crippen molar-refractivity contribution >= 4 is 38.4 Å². The predicted molar refractivity (Wildman–Crippen MR) is 83.3 cm³/mol. The lowest BCUT2D eigenvalue weighted by atomic mass is 10.2. The molecule has 3 aromatic rings. The van der Waals surface area contributed by atoms with E-state index in [1.54, 1.807) is 18.2 Å². The first kappa shape index (κ1) is 14.9. The molecule has 8 heteroatoms. The molecular formula is C15H8F2N4OS. The summed E-state index contributed by atoms with van der Waals surface area (Å²) >= 11 is 0.957. The van der Waals surface area contributed by atoms with Crippen molar-refractivity contribution in [3.8, 4) is 6.07 Å². The molecule has 0 aliphatic heterocycles. The number of halogens is 2. The number of urea groups is 1. The molecule has 0 unspecified atom stereocenters. The molecule has 23 heavy (non-hydrogen) atoms. The van der Waals surface area contributed by atoms with Gasteiger partial charge in [-0.15, -0.1) is 0 Å². The number of anilines is 2. The van der Waals surface area contributed by atoms with Gasteiger partial charge in [0.15, 0.2) is 10.9 Å². The summed E-state index contributed by atoms with van der Waals surface area (Å²) in [5.74, 6) is -1.49. The first-order chi connectivity index (χ1) is 11.0. The molecule has 0 aliphatic carbocycles. The van der Waals surface area contributed by atoms with E-state index in [0.29, 0.717) is 16.0 Å². The topological polar surface area (TPSA) is 77.8 Å². The molecule has 0 aliphatic rings. The van der Waals surface area contributed by atoms with E-state index >= 15 is 0 Å². The molecule has 0 radical (unpaired) electrons. The lowest BCUT2D eigenvalue weighted by Crippen LogP contribution is -2.19. The highest BCUT2D eigenvalue weighted by atomic mass is 32.1. The van der Waals surface area contributed by atoms with Crippen LogP contribution < -0.4 is 10.6 Å². The second-order valence-corrected chi connectivity index (χ2v) is 5.56. The third kappa shape index (κ3) is 3.25. The van der Waals surface area contributed by atoms with Gasteiger partial charge in [0.25, 0.3) is 0 Å². The smallest absolute Gasteiger partial charge is 0.308 e. The summed E-state index contributed by atoms with van der Waals surface area (Å²) in [7, 11) is 0. The molecule has 114 valence electrons. The standard InChI is InChI=1S/C15H8F2N4OS/c16-9-5-11(17)13-12(6-9)23-15(20-13)21-14(22)19-10-3-1-2-8(4-10)7-18/h1-6H,(H2,19,20,21,22). The number of nitrogens with zero attached hydrogens (tertiary/aromatic N) is 2. The van der Waals surface area contributed by atoms with Crippen LogP contribution in [0.3, 0.4) is 0 Å². The van der Waals surface area contributed by atoms with Gasteiger partial charge in [0.05, 0.1) is 16.3 Å². The molecule has 2 aromatic carbocycles. The highest BCUT2D eigenvalue weighted by molar-refractivity contribution is 7.22. The van der Waals surface area contributed by atoms with Crippen LogP contribution in [0.5, 0.6) is 0 Å². The average molecular weight is 330 g/mol. The lowest BCUT2D eigenvalue weighted by molar-refractivity contribution is 0.262. The van der Waals surface area contributed by atoms with Gasteiger partial charge in [-0.1, -0.05) is 17.4 Å². The predicted octanol–water partition coefficient (Wildman–Crippen LogP) is 4.09. The van der Waals surface area contributed by atoms with Gasteiger partial charge in [0.1, 0.15) is 11.3 Å². The lowest BCUT2D eigenvalue weighted by Gasteiger charge is -2.05. The minimum Gasteiger partial charge on any atom is -0.308 e. The zero-order valence-corrected chi connectivity index (χ0v) is 12.2. The minimum atomic E-state index is -0.786. The van der Waals surface area contributed by atoms with E-state index in [4.69, 9.17) is 5.26 Å². The SMILES string of the molecule is N#Cc1cccc(NC(=O)Nc2nc3c(F)cc(F)cc3s2)c1. The molecule has 0 spiro atoms. The maximum absolute atomic E-state index is 13.6. The van der Waals surface area contributed by atoms with Crippen LogP contribution in [0.15, 0.2) is 36.4 Å². The Balaban J connectivity index is 1.77. The quantitative estimate of drug-likeness (QED) is 0.743. The molecule has 2 amide bonds. The van der Waals surface area contributed by atoms with Crippen LogP contribution in [0, 0.1) is 23.0 Å². The third-order valence-corrected chi connectivity index (χ3v) is 3.80. The van der Waals surface area contributed by atoms with Crippen molar-refractivity contribution < 1.29 is 13.6 Å². The Bertz CT molecular complexity index is 948. The number of benzene rings is 2. The maximum Gasteiger partial charge on any atom is 0.325 e. The molecule has 1 aromatic heterocycles. The van der Waals surface area contributed by atoms with E-state index in [0.717, 1.165) is 23.5 Å². The van der Waals surface area contributed by atoms with Gasteiger partial charge in [-0.25, -0.2) is 18.6 Å². The second kappa shape index (κ2) is 5.98. The van der Waals surface area contributed by atoms with Crippen LogP contribution in [0.2, 0.25) is 0 Å². The molecule has 0 bridgehead atoms. The van der Waals surface area contributed by atoms with Crippen LogP contribution in [0.4, 0.5) is 24.4 Å². The van der Waals surface area contributed by atoms with Gasteiger partial charge < -0.3 is 5.32 Å². The average Bonchev–Trinajstić information content (AvgIpc) is 2.89. The minimum absolute atomic E-state index is 0.00169. The van der Waals surface area contributed by atoms with E-state index in [9.17, 15) is 13.6 Å². The van der Waals surface area contributed by atoms with E-state index in [2.05, 4.69) is 15.6 Å². The summed E-state index contributed by atoms with van der Waals surface area (Å²) in [5.41, 5.74) is 0.832. The maximum atomic E-state index is 13.6. The summed E-state index contributed by atoms with van der Waals surface area (Å²) in [4.78, 5) is 15.8. The second-order valence-electron chi connectivity index (χ2n) is 4.53. The molecule has 5 nitrogen and oxygen atoms in total. The van der Waals surface area contributed by atoms with E-state index in [1.165, 1.54) is 6.07 Å². The summed E-state index contributed by atoms with van der Waals surface area (Å²) in [5, 5.41) is 13.9. The molecule has 2 N–H and O–H groups in total. The molecule has 1 heterocycles. The van der Waals surface area contributed by atoms with Crippen LogP contribution >= 0.6 is 11.3 Å². The van der Waals surface area contributed by atoms with Crippen LogP contribution in [0.1, 0.15) is 5.56 Å². The number of rotatable bonds is 2. The fraction of sp³-hybridized carbons (Fsp3) is 0. The number of amides is 2. The molecule has 0 saturated heterocycles. The van der Waals surface area contributed by atoms with Gasteiger partial charge >= 0.3 is 6.03 Å². The molecule has 0 saturated carbocycles. The monoisotopic (exact) mass is 330 g/mol. The van der Waals surface area contributed by atoms with E-state index in [-0.39, 0.29) is 10.6 Å². The Labute approximate surface area is 133 Å². The molecule has 0 atom stereocenters. The number of nitrogens with one attached hydrogen (secondary N) is 2. The first-order valence-corrected chi connectivity index (χ1v) is 7.20. The van der Waals surface area contributed by atoms with Crippen LogP contribution in [-0.4, -0.2) is 11.0 Å². The Hall–Kier alpha value is -3.05. The van der Waals surface area contributed by atoms with Crippen LogP contribution in [0.25, 0.3) is 10.2 Å². The fourth-order valence-corrected chi connectivity index (χ4v) is 2.84. The fourth-order valence-electron chi connectivity index (χ4n) is 1.94. The zero-order chi connectivity index (χ0) is 16.4. The van der Waals surface area contributed by atoms with Crippen molar-refractivity contribution in [2.24, 2.45) is 0 Å². The van der Waals surface area contributed by atoms with Gasteiger partial charge in [-0.3, -0.25) is 5.32 Å². The number of carbonyl (C=O) groups excluding carboxylic acids is 1. The van der Waals surface area contributed by atoms with Crippen molar-refractivity contribution in [1.29, 1.82) is 5.26 Å². The highest BCUT2D eigenvalue weighted by Crippen LogP contribution is 2.28. The summed E-state index contributed by atoms with van der Waals surface area (Å²) in [6, 6.07) is 9.61. The largest absolute Gasteiger partial charge is 0.325 e. The van der Waals surface area contributed by atoms with Crippen LogP contribution in [-0.2, 0) is 0 Å². The zero-order valence-electron chi connectivity index (χ0n) is 11.4. The van der Waals surface area contributed by atoms with Crippen molar-refractivity contribution in [1.82, 2.24) is 4.98 Å². The van der Waals surface area contributed by atoms with E-state index < -0.39 is 17.7 Å².